The molecule has 0 spiro atoms. The van der Waals surface area contributed by atoms with E-state index >= 15 is 0 Å². The Kier molecular flexibility index (Phi) is 7.05. The van der Waals surface area contributed by atoms with Crippen LogP contribution in [0, 0.1) is 18.5 Å². The first kappa shape index (κ1) is 28.7. The molecule has 0 aliphatic heterocycles. The van der Waals surface area contributed by atoms with Gasteiger partial charge in [-0.3, -0.25) is 4.57 Å². The number of imidazole rings is 1. The van der Waals surface area contributed by atoms with Crippen molar-refractivity contribution in [3.63, 3.8) is 0 Å². The first-order valence-corrected chi connectivity index (χ1v) is 16.1. The van der Waals surface area contributed by atoms with Gasteiger partial charge in [-0.2, -0.15) is 53.6 Å². The van der Waals surface area contributed by atoms with Crippen molar-refractivity contribution in [1.29, 1.82) is 0 Å². The van der Waals surface area contributed by atoms with Gasteiger partial charge in [-0.05, 0) is 58.8 Å². The predicted octanol–water partition coefficient (Wildman–Crippen LogP) is 9.43. The van der Waals surface area contributed by atoms with Gasteiger partial charge in [-0.15, -0.1) is 5.39 Å². The summed E-state index contributed by atoms with van der Waals surface area (Å²) in [7, 11) is 0. The molecule has 0 unspecified atom stereocenters. The van der Waals surface area contributed by atoms with Gasteiger partial charge in [0.05, 0.1) is 29.2 Å². The molecule has 4 aromatic heterocycles. The number of para-hydroxylation sites is 3. The average Bonchev–Trinajstić information content (AvgIpc) is 3.85. The van der Waals surface area contributed by atoms with Crippen LogP contribution in [-0.2, 0) is 32.9 Å². The van der Waals surface area contributed by atoms with Gasteiger partial charge in [0.25, 0.3) is 6.33 Å². The molecule has 5 nitrogen and oxygen atoms in total. The Morgan fingerprint density at radius 3 is 2.41 bits per heavy atom. The van der Waals surface area contributed by atoms with E-state index in [1.54, 1.807) is 18.5 Å². The minimum Gasteiger partial charge on any atom is -0.463 e. The molecule has 9 rings (SSSR count). The summed E-state index contributed by atoms with van der Waals surface area (Å²) in [5, 5.41) is 2.96. The molecular formula is C43H32N4OPt-2. The molecule has 9 aromatic rings. The van der Waals surface area contributed by atoms with Crippen LogP contribution in [0.3, 0.4) is 0 Å². The molecule has 0 atom stereocenters. The molecule has 0 fully saturated rings. The van der Waals surface area contributed by atoms with Crippen LogP contribution in [0.1, 0.15) is 40.2 Å². The molecule has 0 saturated heterocycles. The van der Waals surface area contributed by atoms with Crippen LogP contribution in [0.15, 0.2) is 132 Å². The fourth-order valence-corrected chi connectivity index (χ4v) is 6.53. The summed E-state index contributed by atoms with van der Waals surface area (Å²) in [6, 6.07) is 45.1. The van der Waals surface area contributed by atoms with E-state index in [2.05, 4.69) is 87.8 Å². The van der Waals surface area contributed by atoms with Crippen molar-refractivity contribution < 1.29 is 32.8 Å². The molecule has 0 aliphatic carbocycles. The van der Waals surface area contributed by atoms with Gasteiger partial charge < -0.3 is 13.6 Å². The number of nitrogens with zero attached hydrogens (tertiary/aromatic N) is 4. The van der Waals surface area contributed by atoms with Gasteiger partial charge in [0.2, 0.25) is 0 Å². The molecule has 0 N–H and O–H groups in total. The number of benzene rings is 5. The standard InChI is InChI=1S/C43H32N4O.Pt/c1-43(2,3)32-16-18-33(19-17-32)45-28-46(39-14-7-6-13-38(39)45)34-10-8-9-29(24-34)23-30-15-20-36-35-11-4-5-12-37(35)47(40(36)25-30)42-26-31-21-22-48-41(31)27-44-42;/h4-22,26-27H,23H2,1-3H3;/q-2;/i23D2;. The van der Waals surface area contributed by atoms with E-state index in [-0.39, 0.29) is 26.5 Å². The van der Waals surface area contributed by atoms with Crippen LogP contribution in [-0.4, -0.2) is 14.1 Å². The average molecular weight is 818 g/mol. The van der Waals surface area contributed by atoms with E-state index in [0.717, 1.165) is 43.9 Å². The van der Waals surface area contributed by atoms with E-state index in [9.17, 15) is 2.74 Å². The minimum atomic E-state index is -1.91. The smallest absolute Gasteiger partial charge is 0.268 e. The Morgan fingerprint density at radius 2 is 1.57 bits per heavy atom. The van der Waals surface area contributed by atoms with E-state index in [0.29, 0.717) is 28.2 Å². The van der Waals surface area contributed by atoms with E-state index in [4.69, 9.17) is 9.40 Å². The molecule has 0 aliphatic rings. The number of aromatic nitrogens is 4. The van der Waals surface area contributed by atoms with Crippen molar-refractivity contribution in [2.45, 2.75) is 32.6 Å². The zero-order chi connectivity index (χ0) is 34.2. The van der Waals surface area contributed by atoms with Crippen LogP contribution in [0.4, 0.5) is 0 Å². The first-order valence-electron chi connectivity index (χ1n) is 17.1. The largest absolute Gasteiger partial charge is 0.463 e. The topological polar surface area (TPSA) is 39.8 Å². The Labute approximate surface area is 302 Å². The van der Waals surface area contributed by atoms with E-state index in [1.807, 2.05) is 74.4 Å². The summed E-state index contributed by atoms with van der Waals surface area (Å²) >= 11 is 0. The van der Waals surface area contributed by atoms with Gasteiger partial charge in [0.1, 0.15) is 5.82 Å². The summed E-state index contributed by atoms with van der Waals surface area (Å²) in [6.07, 6.45) is 5.00. The minimum absolute atomic E-state index is 0. The number of hydrogen-bond acceptors (Lipinski definition) is 2. The Hall–Kier alpha value is -5.25. The zero-order valence-corrected chi connectivity index (χ0v) is 29.4. The maximum Gasteiger partial charge on any atom is 0.268 e. The van der Waals surface area contributed by atoms with E-state index in [1.165, 1.54) is 5.56 Å². The molecule has 5 aromatic carbocycles. The summed E-state index contributed by atoms with van der Waals surface area (Å²) in [6.45, 7) is 6.63. The molecule has 0 radical (unpaired) electrons. The van der Waals surface area contributed by atoms with Gasteiger partial charge >= 0.3 is 0 Å². The molecule has 4 heterocycles. The number of furan rings is 1. The maximum absolute atomic E-state index is 9.45. The molecule has 49 heavy (non-hydrogen) atoms. The monoisotopic (exact) mass is 817 g/mol. The summed E-state index contributed by atoms with van der Waals surface area (Å²) in [5.74, 6) is 0.712. The molecule has 0 amide bonds. The quantitative estimate of drug-likeness (QED) is 0.128. The molecule has 242 valence electrons. The third-order valence-electron chi connectivity index (χ3n) is 8.98. The number of rotatable bonds is 5. The van der Waals surface area contributed by atoms with Gasteiger partial charge in [0.15, 0.2) is 5.58 Å². The third kappa shape index (κ3) is 5.39. The van der Waals surface area contributed by atoms with Crippen molar-refractivity contribution in [2.24, 2.45) is 0 Å². The molecule has 0 saturated carbocycles. The van der Waals surface area contributed by atoms with Crippen molar-refractivity contribution in [1.82, 2.24) is 14.1 Å². The number of hydrogen-bond donors (Lipinski definition) is 0. The fraction of sp³-hybridized carbons (Fsp3) is 0.116. The van der Waals surface area contributed by atoms with Gasteiger partial charge in [-0.25, -0.2) is 4.98 Å². The fourth-order valence-electron chi connectivity index (χ4n) is 6.53. The van der Waals surface area contributed by atoms with Gasteiger partial charge in [0, 0.05) is 34.7 Å². The molecular weight excluding hydrogens is 784 g/mol. The van der Waals surface area contributed by atoms with Crippen LogP contribution < -0.4 is 4.57 Å². The normalized spacial score (nSPS) is 12.8. The molecule has 0 bridgehead atoms. The van der Waals surface area contributed by atoms with E-state index < -0.39 is 6.37 Å². The van der Waals surface area contributed by atoms with Crippen molar-refractivity contribution >= 4 is 43.8 Å². The second kappa shape index (κ2) is 12.0. The number of fused-ring (bicyclic) bond motifs is 5. The van der Waals surface area contributed by atoms with Crippen molar-refractivity contribution in [3.05, 3.63) is 163 Å². The maximum atomic E-state index is 9.45. The Balaban J connectivity index is 0.00000374. The van der Waals surface area contributed by atoms with Crippen LogP contribution in [0.2, 0.25) is 0 Å². The second-order valence-corrected chi connectivity index (χ2v) is 13.1. The zero-order valence-electron chi connectivity index (χ0n) is 29.1. The van der Waals surface area contributed by atoms with Crippen LogP contribution in [0.5, 0.6) is 0 Å². The predicted molar refractivity (Wildman–Crippen MR) is 191 cm³/mol. The van der Waals surface area contributed by atoms with Crippen molar-refractivity contribution in [2.75, 3.05) is 0 Å². The van der Waals surface area contributed by atoms with Crippen molar-refractivity contribution in [3.8, 4) is 17.2 Å². The SMILES string of the molecule is [2H]C([2H])(c1[c-]c(-n2[c-][n+](-c3ccc(C(C)(C)C)cc3)c3ccccc32)ccc1)c1[c-]c2c(cc1)c1ccccc1n2-c1cc2ccoc2cn1.[Pt]. The third-order valence-corrected chi connectivity index (χ3v) is 8.98. The summed E-state index contributed by atoms with van der Waals surface area (Å²) < 4.78 is 30.5. The summed E-state index contributed by atoms with van der Waals surface area (Å²) in [5.41, 5.74) is 8.19. The van der Waals surface area contributed by atoms with Crippen LogP contribution in [0.25, 0.3) is 61.0 Å². The van der Waals surface area contributed by atoms with Gasteiger partial charge in [-0.1, -0.05) is 80.9 Å². The Bertz CT molecular complexity index is 2730. The first-order chi connectivity index (χ1) is 24.2. The number of pyridine rings is 1. The molecule has 6 heteroatoms. The van der Waals surface area contributed by atoms with Crippen LogP contribution >= 0.6 is 0 Å². The Morgan fingerprint density at radius 1 is 0.796 bits per heavy atom. The summed E-state index contributed by atoms with van der Waals surface area (Å²) in [4.78, 5) is 4.72. The second-order valence-electron chi connectivity index (χ2n) is 13.1.